The summed E-state index contributed by atoms with van der Waals surface area (Å²) in [5, 5.41) is 5.69. The molecule has 212 valence electrons. The van der Waals surface area contributed by atoms with Crippen LogP contribution in [0.2, 0.25) is 0 Å². The largest absolute Gasteiger partial charge is 0.449 e. The Morgan fingerprint density at radius 3 is 2.52 bits per heavy atom. The molecule has 1 aliphatic carbocycles. The highest BCUT2D eigenvalue weighted by molar-refractivity contribution is 7.89. The van der Waals surface area contributed by atoms with E-state index in [9.17, 15) is 22.8 Å². The van der Waals surface area contributed by atoms with Crippen molar-refractivity contribution in [2.45, 2.75) is 69.0 Å². The van der Waals surface area contributed by atoms with Crippen LogP contribution in [-0.4, -0.2) is 65.0 Å². The lowest BCUT2D eigenvalue weighted by molar-refractivity contribution is -0.132. The number of hydrogen-bond acceptors (Lipinski definition) is 8. The second-order valence-electron chi connectivity index (χ2n) is 10.8. The van der Waals surface area contributed by atoms with Gasteiger partial charge in [-0.05, 0) is 56.4 Å². The van der Waals surface area contributed by atoms with Crippen molar-refractivity contribution in [1.82, 2.24) is 24.9 Å². The zero-order valence-corrected chi connectivity index (χ0v) is 23.4. The molecule has 1 saturated heterocycles. The molecule has 0 unspecified atom stereocenters. The smallest absolute Gasteiger partial charge is 0.288 e. The monoisotopic (exact) mass is 567 g/mol. The molecule has 3 aromatic rings. The number of nitrogens with zero attached hydrogens (tertiary/aromatic N) is 3. The molecule has 0 radical (unpaired) electrons. The van der Waals surface area contributed by atoms with Crippen LogP contribution in [0, 0.1) is 12.8 Å². The van der Waals surface area contributed by atoms with Crippen molar-refractivity contribution in [3.05, 3.63) is 54.0 Å². The number of Topliss-reactive ketones (excluding diaryl/α,β-unsaturated/α-hetero) is 1. The lowest BCUT2D eigenvalue weighted by Gasteiger charge is -2.37. The van der Waals surface area contributed by atoms with Crippen molar-refractivity contribution in [2.24, 2.45) is 5.92 Å². The Morgan fingerprint density at radius 1 is 1.07 bits per heavy atom. The number of nitrogens with one attached hydrogen (secondary N) is 2. The van der Waals surface area contributed by atoms with Crippen molar-refractivity contribution in [3.63, 3.8) is 0 Å². The van der Waals surface area contributed by atoms with Gasteiger partial charge in [0.2, 0.25) is 5.91 Å². The maximum absolute atomic E-state index is 13.8. The summed E-state index contributed by atoms with van der Waals surface area (Å²) in [4.78, 5) is 48.8. The van der Waals surface area contributed by atoms with Gasteiger partial charge in [-0.15, -0.1) is 0 Å². The van der Waals surface area contributed by atoms with Crippen molar-refractivity contribution in [3.8, 4) is 0 Å². The number of ketones is 1. The Bertz CT molecular complexity index is 1530. The first-order chi connectivity index (χ1) is 19.1. The normalized spacial score (nSPS) is 22.0. The van der Waals surface area contributed by atoms with E-state index in [2.05, 4.69) is 20.6 Å². The molecular weight excluding hydrogens is 534 g/mol. The van der Waals surface area contributed by atoms with Gasteiger partial charge in [0.1, 0.15) is 11.1 Å². The predicted molar refractivity (Wildman–Crippen MR) is 146 cm³/mol. The number of carbonyl (C=O) groups excluding carboxylic acids is 3. The molecule has 2 N–H and O–H groups in total. The maximum Gasteiger partial charge on any atom is 0.288 e. The minimum absolute atomic E-state index is 0.0981. The Morgan fingerprint density at radius 2 is 1.82 bits per heavy atom. The number of furan rings is 1. The Balaban J connectivity index is 1.35. The van der Waals surface area contributed by atoms with E-state index in [-0.39, 0.29) is 36.2 Å². The van der Waals surface area contributed by atoms with Gasteiger partial charge in [0.15, 0.2) is 22.2 Å². The SMILES string of the molecule is Cc1c(C(=O)NC2(C(=O)N[C@H]3C[C@@H](C)CN(S(=O)(=O)c4ccccn4)CC3=O)CCCCC2)oc2cccnc12. The summed E-state index contributed by atoms with van der Waals surface area (Å²) in [5.74, 6) is -1.48. The van der Waals surface area contributed by atoms with Gasteiger partial charge in [-0.2, -0.15) is 4.31 Å². The third-order valence-electron chi connectivity index (χ3n) is 7.80. The first-order valence-corrected chi connectivity index (χ1v) is 15.0. The molecule has 2 amide bonds. The van der Waals surface area contributed by atoms with E-state index in [4.69, 9.17) is 4.42 Å². The molecule has 2 aliphatic rings. The minimum atomic E-state index is -3.98. The molecule has 3 aromatic heterocycles. The fraction of sp³-hybridized carbons (Fsp3) is 0.464. The van der Waals surface area contributed by atoms with E-state index in [1.54, 1.807) is 37.4 Å². The zero-order chi connectivity index (χ0) is 28.5. The third-order valence-corrected chi connectivity index (χ3v) is 9.53. The summed E-state index contributed by atoms with van der Waals surface area (Å²) >= 11 is 0. The third kappa shape index (κ3) is 5.37. The number of hydrogen-bond donors (Lipinski definition) is 2. The highest BCUT2D eigenvalue weighted by atomic mass is 32.2. The summed E-state index contributed by atoms with van der Waals surface area (Å²) < 4.78 is 33.2. The van der Waals surface area contributed by atoms with Crippen molar-refractivity contribution in [2.75, 3.05) is 13.1 Å². The van der Waals surface area contributed by atoms with Gasteiger partial charge in [-0.25, -0.2) is 13.4 Å². The molecule has 1 aliphatic heterocycles. The summed E-state index contributed by atoms with van der Waals surface area (Å²) in [5.41, 5.74) is 0.430. The van der Waals surface area contributed by atoms with Crippen molar-refractivity contribution >= 4 is 38.7 Å². The Labute approximate surface area is 232 Å². The van der Waals surface area contributed by atoms with Gasteiger partial charge in [0.25, 0.3) is 15.9 Å². The molecule has 4 heterocycles. The molecule has 0 spiro atoms. The van der Waals surface area contributed by atoms with Gasteiger partial charge in [0, 0.05) is 24.5 Å². The minimum Gasteiger partial charge on any atom is -0.449 e. The fourth-order valence-electron chi connectivity index (χ4n) is 5.66. The number of carbonyl (C=O) groups is 3. The first kappa shape index (κ1) is 27.9. The van der Waals surface area contributed by atoms with Gasteiger partial charge in [-0.3, -0.25) is 19.4 Å². The van der Waals surface area contributed by atoms with Gasteiger partial charge >= 0.3 is 0 Å². The Hall–Kier alpha value is -3.64. The second kappa shape index (κ2) is 11.1. The predicted octanol–water partition coefficient (Wildman–Crippen LogP) is 2.75. The average molecular weight is 568 g/mol. The van der Waals surface area contributed by atoms with Crippen LogP contribution in [0.5, 0.6) is 0 Å². The molecule has 2 fully saturated rings. The van der Waals surface area contributed by atoms with E-state index >= 15 is 0 Å². The highest BCUT2D eigenvalue weighted by Gasteiger charge is 2.44. The first-order valence-electron chi connectivity index (χ1n) is 13.5. The number of aryl methyl sites for hydroxylation is 1. The quantitative estimate of drug-likeness (QED) is 0.461. The number of amides is 2. The zero-order valence-electron chi connectivity index (χ0n) is 22.6. The van der Waals surface area contributed by atoms with E-state index in [1.807, 2.05) is 6.92 Å². The van der Waals surface area contributed by atoms with Crippen LogP contribution in [0.4, 0.5) is 0 Å². The summed E-state index contributed by atoms with van der Waals surface area (Å²) in [6.07, 6.45) is 6.52. The number of rotatable bonds is 6. The number of pyridine rings is 2. The van der Waals surface area contributed by atoms with E-state index in [0.29, 0.717) is 29.5 Å². The molecular formula is C28H33N5O6S. The molecule has 12 heteroatoms. The summed E-state index contributed by atoms with van der Waals surface area (Å²) in [6.45, 7) is 3.34. The summed E-state index contributed by atoms with van der Waals surface area (Å²) in [7, 11) is -3.98. The van der Waals surface area contributed by atoms with Crippen LogP contribution < -0.4 is 10.6 Å². The molecule has 11 nitrogen and oxygen atoms in total. The van der Waals surface area contributed by atoms with Crippen LogP contribution in [-0.2, 0) is 19.6 Å². The average Bonchev–Trinajstić information content (AvgIpc) is 3.21. The van der Waals surface area contributed by atoms with Gasteiger partial charge in [-0.1, -0.05) is 32.3 Å². The number of sulfonamides is 1. The van der Waals surface area contributed by atoms with Crippen molar-refractivity contribution in [1.29, 1.82) is 0 Å². The Kier molecular flexibility index (Phi) is 7.74. The lowest BCUT2D eigenvalue weighted by atomic mass is 9.80. The fourth-order valence-corrected chi connectivity index (χ4v) is 7.12. The number of aromatic nitrogens is 2. The molecule has 5 rings (SSSR count). The molecule has 40 heavy (non-hydrogen) atoms. The lowest BCUT2D eigenvalue weighted by Crippen LogP contribution is -2.62. The molecule has 0 aromatic carbocycles. The van der Waals surface area contributed by atoms with Crippen LogP contribution in [0.1, 0.15) is 61.6 Å². The van der Waals surface area contributed by atoms with E-state index in [0.717, 1.165) is 23.6 Å². The topological polar surface area (TPSA) is 152 Å². The molecule has 0 bridgehead atoms. The maximum atomic E-state index is 13.8. The van der Waals surface area contributed by atoms with Gasteiger partial charge < -0.3 is 15.1 Å². The summed E-state index contributed by atoms with van der Waals surface area (Å²) in [6, 6.07) is 7.14. The van der Waals surface area contributed by atoms with Gasteiger partial charge in [0.05, 0.1) is 12.6 Å². The molecule has 1 saturated carbocycles. The number of fused-ring (bicyclic) bond motifs is 1. The van der Waals surface area contributed by atoms with Crippen LogP contribution >= 0.6 is 0 Å². The van der Waals surface area contributed by atoms with Crippen LogP contribution in [0.15, 0.2) is 52.2 Å². The van der Waals surface area contributed by atoms with E-state index in [1.165, 1.54) is 12.3 Å². The standard InChI is InChI=1S/C28H33N5O6S/c1-18-15-20(21(34)17-33(16-18)40(37,38)23-10-4-7-13-29-23)31-27(36)28(11-5-3-6-12-28)32-26(35)25-19(2)24-22(39-25)9-8-14-30-24/h4,7-10,13-14,18,20H,3,5-6,11-12,15-17H2,1-2H3,(H,31,36)(H,32,35)/t18-,20+/m1/s1. The van der Waals surface area contributed by atoms with Crippen LogP contribution in [0.25, 0.3) is 11.1 Å². The van der Waals surface area contributed by atoms with Crippen LogP contribution in [0.3, 0.4) is 0 Å². The molecule has 2 atom stereocenters. The highest BCUT2D eigenvalue weighted by Crippen LogP contribution is 2.31. The second-order valence-corrected chi connectivity index (χ2v) is 12.7. The van der Waals surface area contributed by atoms with E-state index < -0.39 is 39.2 Å². The van der Waals surface area contributed by atoms with Crippen molar-refractivity contribution < 1.29 is 27.2 Å².